The number of nitrogens with one attached hydrogen (secondary N) is 2. The lowest BCUT2D eigenvalue weighted by Crippen LogP contribution is -2.54. The summed E-state index contributed by atoms with van der Waals surface area (Å²) in [6, 6.07) is 12.6. The number of para-hydroxylation sites is 2. The highest BCUT2D eigenvalue weighted by atomic mass is 16.5. The first-order valence-electron chi connectivity index (χ1n) is 13.0. The Bertz CT molecular complexity index is 1160. The number of fused-ring (bicyclic) bond motifs is 1. The van der Waals surface area contributed by atoms with Crippen LogP contribution in [0.3, 0.4) is 0 Å². The van der Waals surface area contributed by atoms with Gasteiger partial charge in [-0.05, 0) is 55.4 Å². The fraction of sp³-hybridized carbons (Fsp3) is 0.464. The van der Waals surface area contributed by atoms with Gasteiger partial charge in [0.25, 0.3) is 5.91 Å². The first-order chi connectivity index (χ1) is 18.0. The molecule has 2 N–H and O–H groups in total. The van der Waals surface area contributed by atoms with E-state index in [-0.39, 0.29) is 30.4 Å². The van der Waals surface area contributed by atoms with Crippen molar-refractivity contribution in [2.45, 2.75) is 44.6 Å². The van der Waals surface area contributed by atoms with Gasteiger partial charge in [-0.25, -0.2) is 4.79 Å². The van der Waals surface area contributed by atoms with Gasteiger partial charge in [0.05, 0.1) is 12.8 Å². The van der Waals surface area contributed by atoms with Crippen molar-refractivity contribution >= 4 is 29.2 Å². The zero-order valence-corrected chi connectivity index (χ0v) is 21.2. The molecule has 2 fully saturated rings. The molecule has 1 aliphatic carbocycles. The smallest absolute Gasteiger partial charge is 0.320 e. The van der Waals surface area contributed by atoms with Crippen molar-refractivity contribution in [2.75, 3.05) is 43.6 Å². The van der Waals surface area contributed by atoms with Crippen molar-refractivity contribution in [1.29, 1.82) is 0 Å². The molecule has 2 aromatic carbocycles. The summed E-state index contributed by atoms with van der Waals surface area (Å²) in [7, 11) is 1.55. The van der Waals surface area contributed by atoms with Gasteiger partial charge < -0.3 is 25.0 Å². The van der Waals surface area contributed by atoms with Crippen molar-refractivity contribution < 1.29 is 23.9 Å². The summed E-state index contributed by atoms with van der Waals surface area (Å²) in [5.41, 5.74) is 1.30. The van der Waals surface area contributed by atoms with Gasteiger partial charge in [-0.3, -0.25) is 14.5 Å². The zero-order chi connectivity index (χ0) is 25.8. The summed E-state index contributed by atoms with van der Waals surface area (Å²) < 4.78 is 11.1. The number of anilines is 2. The highest BCUT2D eigenvalue weighted by Gasteiger charge is 2.40. The quantitative estimate of drug-likeness (QED) is 0.643. The van der Waals surface area contributed by atoms with E-state index < -0.39 is 12.1 Å². The van der Waals surface area contributed by atoms with Crippen LogP contribution in [-0.2, 0) is 9.59 Å². The number of urea groups is 1. The Morgan fingerprint density at radius 3 is 2.68 bits per heavy atom. The van der Waals surface area contributed by atoms with Crippen LogP contribution in [0.25, 0.3) is 0 Å². The molecule has 0 unspecified atom stereocenters. The highest BCUT2D eigenvalue weighted by molar-refractivity contribution is 6.05. The predicted molar refractivity (Wildman–Crippen MR) is 140 cm³/mol. The van der Waals surface area contributed by atoms with Gasteiger partial charge in [-0.2, -0.15) is 0 Å². The number of piperidine rings is 1. The maximum atomic E-state index is 13.7. The Morgan fingerprint density at radius 1 is 1.08 bits per heavy atom. The van der Waals surface area contributed by atoms with Gasteiger partial charge in [0.2, 0.25) is 5.91 Å². The number of methoxy groups -OCH3 is 1. The number of hydrogen-bond acceptors (Lipinski definition) is 5. The van der Waals surface area contributed by atoms with E-state index in [9.17, 15) is 14.4 Å². The number of likely N-dealkylation sites (tertiary alicyclic amines) is 1. The van der Waals surface area contributed by atoms with E-state index in [1.54, 1.807) is 43.5 Å². The molecule has 1 saturated heterocycles. The van der Waals surface area contributed by atoms with Gasteiger partial charge in [0, 0.05) is 24.8 Å². The molecule has 1 spiro atoms. The van der Waals surface area contributed by atoms with Gasteiger partial charge in [-0.15, -0.1) is 0 Å². The molecule has 1 saturated carbocycles. The molecule has 2 aromatic rings. The Hall–Kier alpha value is -3.75. The van der Waals surface area contributed by atoms with Gasteiger partial charge in [-0.1, -0.05) is 31.0 Å². The van der Waals surface area contributed by atoms with Crippen molar-refractivity contribution in [3.05, 3.63) is 48.5 Å². The second-order valence-electron chi connectivity index (χ2n) is 10.2. The van der Waals surface area contributed by atoms with Crippen LogP contribution in [0, 0.1) is 5.41 Å². The lowest BCUT2D eigenvalue weighted by Gasteiger charge is -2.41. The summed E-state index contributed by atoms with van der Waals surface area (Å²) in [5.74, 6) is 0.651. The van der Waals surface area contributed by atoms with E-state index in [1.165, 1.54) is 37.0 Å². The molecular weight excluding hydrogens is 472 g/mol. The van der Waals surface area contributed by atoms with Crippen LogP contribution >= 0.6 is 0 Å². The Morgan fingerprint density at radius 2 is 1.86 bits per heavy atom. The number of carbonyl (C=O) groups is 3. The maximum Gasteiger partial charge on any atom is 0.320 e. The molecule has 196 valence electrons. The zero-order valence-electron chi connectivity index (χ0n) is 21.2. The first-order valence-corrected chi connectivity index (χ1v) is 13.0. The van der Waals surface area contributed by atoms with Crippen LogP contribution in [0.15, 0.2) is 48.5 Å². The number of hydrogen-bond donors (Lipinski definition) is 2. The molecule has 9 heteroatoms. The van der Waals surface area contributed by atoms with E-state index in [0.29, 0.717) is 29.4 Å². The number of carbonyl (C=O) groups excluding carboxylic acids is 3. The molecule has 5 rings (SSSR count). The van der Waals surface area contributed by atoms with Gasteiger partial charge in [0.1, 0.15) is 30.7 Å². The van der Waals surface area contributed by atoms with E-state index in [4.69, 9.17) is 9.47 Å². The maximum absolute atomic E-state index is 13.7. The average molecular weight is 507 g/mol. The molecule has 0 aromatic heterocycles. The third kappa shape index (κ3) is 5.50. The van der Waals surface area contributed by atoms with Crippen LogP contribution in [0.5, 0.6) is 11.5 Å². The van der Waals surface area contributed by atoms with Crippen LogP contribution in [0.1, 0.15) is 38.5 Å². The fourth-order valence-electron chi connectivity index (χ4n) is 5.84. The van der Waals surface area contributed by atoms with Crippen LogP contribution in [0.4, 0.5) is 16.2 Å². The van der Waals surface area contributed by atoms with E-state index in [2.05, 4.69) is 10.6 Å². The van der Waals surface area contributed by atoms with E-state index in [1.807, 2.05) is 17.0 Å². The Balaban J connectivity index is 1.31. The molecule has 0 bridgehead atoms. The fourth-order valence-corrected chi connectivity index (χ4v) is 5.84. The molecule has 3 aliphatic rings. The van der Waals surface area contributed by atoms with E-state index >= 15 is 0 Å². The molecule has 2 aliphatic heterocycles. The molecular formula is C28H34N4O5. The highest BCUT2D eigenvalue weighted by Crippen LogP contribution is 2.44. The summed E-state index contributed by atoms with van der Waals surface area (Å²) in [6.07, 6.45) is 6.96. The van der Waals surface area contributed by atoms with Crippen LogP contribution in [-0.4, -0.2) is 62.1 Å². The number of ether oxygens (including phenoxy) is 2. The minimum absolute atomic E-state index is 0.0428. The SMILES string of the molecule is COc1cccc(NC(=O)N[C@@H]2COc3ccccc3N(CC(=O)N3CCCC4(CCCC4)C3)C2=O)c1. The van der Waals surface area contributed by atoms with Crippen molar-refractivity contribution in [1.82, 2.24) is 10.2 Å². The summed E-state index contributed by atoms with van der Waals surface area (Å²) >= 11 is 0. The lowest BCUT2D eigenvalue weighted by atomic mass is 9.78. The Kier molecular flexibility index (Phi) is 7.21. The van der Waals surface area contributed by atoms with Crippen molar-refractivity contribution in [3.8, 4) is 11.5 Å². The van der Waals surface area contributed by atoms with Crippen molar-refractivity contribution in [3.63, 3.8) is 0 Å². The van der Waals surface area contributed by atoms with Gasteiger partial charge in [0.15, 0.2) is 0 Å². The normalized spacial score (nSPS) is 20.6. The predicted octanol–water partition coefficient (Wildman–Crippen LogP) is 3.79. The Labute approximate surface area is 217 Å². The molecule has 9 nitrogen and oxygen atoms in total. The second kappa shape index (κ2) is 10.7. The van der Waals surface area contributed by atoms with E-state index in [0.717, 1.165) is 13.0 Å². The average Bonchev–Trinajstić information content (AvgIpc) is 3.31. The standard InChI is InChI=1S/C28H34N4O5/c1-36-21-9-6-8-20(16-21)29-27(35)30-22-18-37-24-11-3-2-10-23(24)32(26(22)34)17-25(33)31-15-7-14-28(19-31)12-4-5-13-28/h2-3,6,8-11,16,22H,4-5,7,12-15,17-19H2,1H3,(H2,29,30,35)/t22-/m1/s1. The third-order valence-electron chi connectivity index (χ3n) is 7.73. The molecule has 4 amide bonds. The number of benzene rings is 2. The summed E-state index contributed by atoms with van der Waals surface area (Å²) in [4.78, 5) is 43.3. The van der Waals surface area contributed by atoms with Crippen LogP contribution < -0.4 is 25.0 Å². The largest absolute Gasteiger partial charge is 0.497 e. The lowest BCUT2D eigenvalue weighted by molar-refractivity contribution is -0.134. The minimum Gasteiger partial charge on any atom is -0.497 e. The molecule has 37 heavy (non-hydrogen) atoms. The topological polar surface area (TPSA) is 100 Å². The summed E-state index contributed by atoms with van der Waals surface area (Å²) in [6.45, 7) is 1.34. The van der Waals surface area contributed by atoms with Crippen molar-refractivity contribution in [2.24, 2.45) is 5.41 Å². The monoisotopic (exact) mass is 506 g/mol. The van der Waals surface area contributed by atoms with Crippen LogP contribution in [0.2, 0.25) is 0 Å². The molecule has 1 atom stereocenters. The number of nitrogens with zero attached hydrogens (tertiary/aromatic N) is 2. The third-order valence-corrected chi connectivity index (χ3v) is 7.73. The number of rotatable bonds is 5. The molecule has 0 radical (unpaired) electrons. The summed E-state index contributed by atoms with van der Waals surface area (Å²) in [5, 5.41) is 5.45. The second-order valence-corrected chi connectivity index (χ2v) is 10.2. The van der Waals surface area contributed by atoms with Gasteiger partial charge >= 0.3 is 6.03 Å². The first kappa shape index (κ1) is 24.9. The molecule has 2 heterocycles. The number of amides is 4. The minimum atomic E-state index is -0.965.